The summed E-state index contributed by atoms with van der Waals surface area (Å²) in [5, 5.41) is 0. The third kappa shape index (κ3) is 8.11. The van der Waals surface area contributed by atoms with E-state index in [9.17, 15) is 0 Å². The second-order valence-electron chi connectivity index (χ2n) is 14.7. The van der Waals surface area contributed by atoms with Crippen molar-refractivity contribution in [1.82, 2.24) is 0 Å². The summed E-state index contributed by atoms with van der Waals surface area (Å²) in [6.07, 6.45) is 4.45. The first-order chi connectivity index (χ1) is 27.4. The van der Waals surface area contributed by atoms with E-state index in [0.717, 1.165) is 39.7 Å². The van der Waals surface area contributed by atoms with Gasteiger partial charge in [-0.05, 0) is 134 Å². The molecule has 0 heterocycles. The molecule has 0 radical (unpaired) electrons. The van der Waals surface area contributed by atoms with Gasteiger partial charge in [-0.15, -0.1) is 0 Å². The fourth-order valence-electron chi connectivity index (χ4n) is 7.14. The van der Waals surface area contributed by atoms with Crippen LogP contribution in [0.25, 0.3) is 34.4 Å². The van der Waals surface area contributed by atoms with Crippen LogP contribution >= 0.6 is 0 Å². The molecule has 0 unspecified atom stereocenters. The first-order valence-electron chi connectivity index (χ1n) is 19.3. The van der Waals surface area contributed by atoms with E-state index >= 15 is 0 Å². The van der Waals surface area contributed by atoms with Crippen molar-refractivity contribution in [3.8, 4) is 22.3 Å². The zero-order chi connectivity index (χ0) is 38.4. The predicted octanol–water partition coefficient (Wildman–Crippen LogP) is 15.4. The van der Waals surface area contributed by atoms with E-state index in [2.05, 4.69) is 244 Å². The van der Waals surface area contributed by atoms with Gasteiger partial charge in [-0.25, -0.2) is 0 Å². The van der Waals surface area contributed by atoms with Crippen LogP contribution in [0.15, 0.2) is 194 Å². The Kier molecular flexibility index (Phi) is 10.5. The van der Waals surface area contributed by atoms with Crippen molar-refractivity contribution < 1.29 is 0 Å². The summed E-state index contributed by atoms with van der Waals surface area (Å²) in [6, 6.07) is 70.2. The molecule has 8 aromatic carbocycles. The van der Waals surface area contributed by atoms with Crippen LogP contribution in [0.2, 0.25) is 0 Å². The molecule has 0 aliphatic heterocycles. The minimum atomic E-state index is 1.12. The lowest BCUT2D eigenvalue weighted by Crippen LogP contribution is -2.10. The lowest BCUT2D eigenvalue weighted by Gasteiger charge is -2.27. The molecule has 0 atom stereocenters. The smallest absolute Gasteiger partial charge is 0.0468 e. The fraction of sp³-hybridized carbons (Fsp3) is 0.0741. The summed E-state index contributed by atoms with van der Waals surface area (Å²) in [5.41, 5.74) is 18.8. The van der Waals surface area contributed by atoms with E-state index in [1.54, 1.807) is 0 Å². The first-order valence-corrected chi connectivity index (χ1v) is 19.3. The van der Waals surface area contributed by atoms with Gasteiger partial charge in [0.05, 0.1) is 0 Å². The van der Waals surface area contributed by atoms with Crippen molar-refractivity contribution in [3.63, 3.8) is 0 Å². The summed E-state index contributed by atoms with van der Waals surface area (Å²) in [5.74, 6) is 0. The van der Waals surface area contributed by atoms with Gasteiger partial charge in [0.15, 0.2) is 0 Å². The fourth-order valence-corrected chi connectivity index (χ4v) is 7.14. The van der Waals surface area contributed by atoms with Crippen LogP contribution in [0.3, 0.4) is 0 Å². The normalized spacial score (nSPS) is 11.1. The Morgan fingerprint density at radius 3 is 1.09 bits per heavy atom. The molecule has 0 saturated heterocycles. The van der Waals surface area contributed by atoms with Crippen molar-refractivity contribution in [2.24, 2.45) is 0 Å². The molecular formula is C54H46N2. The van der Waals surface area contributed by atoms with E-state index in [1.165, 1.54) is 50.1 Å². The SMILES string of the molecule is Cc1ccc(N(c2ccc(C)cc2)c2ccc(-c3ccc(/C=C\c4ccc(N(c5ccc(C)cc5)c5ccc(C)cc5)cc4-c4ccccc4)cc3)cc2)cc1. The molecule has 0 bridgehead atoms. The van der Waals surface area contributed by atoms with E-state index in [0.29, 0.717) is 0 Å². The van der Waals surface area contributed by atoms with Crippen LogP contribution in [0.4, 0.5) is 34.1 Å². The highest BCUT2D eigenvalue weighted by molar-refractivity contribution is 5.87. The molecule has 0 saturated carbocycles. The number of rotatable bonds is 10. The van der Waals surface area contributed by atoms with Crippen molar-refractivity contribution >= 4 is 46.3 Å². The lowest BCUT2D eigenvalue weighted by atomic mass is 9.97. The highest BCUT2D eigenvalue weighted by atomic mass is 15.1. The summed E-state index contributed by atoms with van der Waals surface area (Å²) in [4.78, 5) is 4.65. The predicted molar refractivity (Wildman–Crippen MR) is 241 cm³/mol. The number of anilines is 6. The molecule has 0 spiro atoms. The topological polar surface area (TPSA) is 6.48 Å². The molecule has 0 amide bonds. The summed E-state index contributed by atoms with van der Waals surface area (Å²) in [7, 11) is 0. The number of hydrogen-bond donors (Lipinski definition) is 0. The largest absolute Gasteiger partial charge is 0.311 e. The van der Waals surface area contributed by atoms with Crippen molar-refractivity contribution in [2.45, 2.75) is 27.7 Å². The first kappa shape index (κ1) is 36.1. The van der Waals surface area contributed by atoms with Crippen LogP contribution < -0.4 is 9.80 Å². The van der Waals surface area contributed by atoms with Gasteiger partial charge in [-0.3, -0.25) is 0 Å². The Balaban J connectivity index is 1.07. The third-order valence-electron chi connectivity index (χ3n) is 10.4. The molecule has 2 heteroatoms. The molecule has 272 valence electrons. The van der Waals surface area contributed by atoms with Gasteiger partial charge in [0.25, 0.3) is 0 Å². The quantitative estimate of drug-likeness (QED) is 0.130. The van der Waals surface area contributed by atoms with Gasteiger partial charge >= 0.3 is 0 Å². The second kappa shape index (κ2) is 16.2. The summed E-state index contributed by atoms with van der Waals surface area (Å²) in [6.45, 7) is 8.52. The van der Waals surface area contributed by atoms with E-state index in [1.807, 2.05) is 0 Å². The zero-order valence-electron chi connectivity index (χ0n) is 32.5. The molecule has 0 fully saturated rings. The maximum atomic E-state index is 2.34. The van der Waals surface area contributed by atoms with Gasteiger partial charge in [0.2, 0.25) is 0 Å². The van der Waals surface area contributed by atoms with Crippen LogP contribution in [0.1, 0.15) is 33.4 Å². The number of nitrogens with zero attached hydrogens (tertiary/aromatic N) is 2. The minimum absolute atomic E-state index is 1.12. The maximum Gasteiger partial charge on any atom is 0.0468 e. The zero-order valence-corrected chi connectivity index (χ0v) is 32.5. The highest BCUT2D eigenvalue weighted by Gasteiger charge is 2.16. The van der Waals surface area contributed by atoms with Gasteiger partial charge in [0.1, 0.15) is 0 Å². The van der Waals surface area contributed by atoms with Gasteiger partial charge in [-0.2, -0.15) is 0 Å². The van der Waals surface area contributed by atoms with Crippen LogP contribution in [-0.2, 0) is 0 Å². The second-order valence-corrected chi connectivity index (χ2v) is 14.7. The molecule has 0 N–H and O–H groups in total. The van der Waals surface area contributed by atoms with E-state index < -0.39 is 0 Å². The Labute approximate surface area is 332 Å². The van der Waals surface area contributed by atoms with Crippen LogP contribution in [0.5, 0.6) is 0 Å². The average Bonchev–Trinajstić information content (AvgIpc) is 3.24. The summed E-state index contributed by atoms with van der Waals surface area (Å²) < 4.78 is 0. The Bertz CT molecular complexity index is 2460. The highest BCUT2D eigenvalue weighted by Crippen LogP contribution is 2.39. The average molecular weight is 723 g/mol. The molecule has 8 rings (SSSR count). The van der Waals surface area contributed by atoms with Gasteiger partial charge in [0, 0.05) is 34.1 Å². The molecule has 0 aliphatic carbocycles. The summed E-state index contributed by atoms with van der Waals surface area (Å²) >= 11 is 0. The van der Waals surface area contributed by atoms with E-state index in [4.69, 9.17) is 0 Å². The lowest BCUT2D eigenvalue weighted by molar-refractivity contribution is 1.27. The Morgan fingerprint density at radius 2 is 0.661 bits per heavy atom. The van der Waals surface area contributed by atoms with Gasteiger partial charge < -0.3 is 9.80 Å². The molecule has 56 heavy (non-hydrogen) atoms. The number of aryl methyl sites for hydroxylation is 4. The van der Waals surface area contributed by atoms with Crippen LogP contribution in [0, 0.1) is 27.7 Å². The molecule has 8 aromatic rings. The molecule has 0 aromatic heterocycles. The van der Waals surface area contributed by atoms with Crippen molar-refractivity contribution in [1.29, 1.82) is 0 Å². The van der Waals surface area contributed by atoms with E-state index in [-0.39, 0.29) is 0 Å². The third-order valence-corrected chi connectivity index (χ3v) is 10.4. The molecule has 2 nitrogen and oxygen atoms in total. The number of hydrogen-bond acceptors (Lipinski definition) is 2. The standard InChI is InChI=1S/C54H46N2/c1-39-10-27-48(28-11-39)55(49-29-12-40(2)13-30-49)52-35-24-45(25-36-52)44-21-18-43(19-22-44)20-23-47-26-37-53(38-54(47)46-8-6-5-7-9-46)56(50-31-14-41(3)15-32-50)51-33-16-42(4)17-34-51/h5-38H,1-4H3/b23-20-. The minimum Gasteiger partial charge on any atom is -0.311 e. The van der Waals surface area contributed by atoms with Gasteiger partial charge in [-0.1, -0.05) is 156 Å². The Hall–Kier alpha value is -6.90. The monoisotopic (exact) mass is 722 g/mol. The number of benzene rings is 8. The van der Waals surface area contributed by atoms with Crippen molar-refractivity contribution in [2.75, 3.05) is 9.80 Å². The molecular weight excluding hydrogens is 677 g/mol. The Morgan fingerprint density at radius 1 is 0.304 bits per heavy atom. The maximum absolute atomic E-state index is 2.34. The molecule has 0 aliphatic rings. The van der Waals surface area contributed by atoms with Crippen molar-refractivity contribution in [3.05, 3.63) is 228 Å². The van der Waals surface area contributed by atoms with Crippen LogP contribution in [-0.4, -0.2) is 0 Å².